The highest BCUT2D eigenvalue weighted by Crippen LogP contribution is 2.25. The minimum Gasteiger partial charge on any atom is -0.497 e. The molecule has 1 heterocycles. The number of aromatic nitrogens is 2. The molecule has 146 valence electrons. The predicted molar refractivity (Wildman–Crippen MR) is 114 cm³/mol. The lowest BCUT2D eigenvalue weighted by Gasteiger charge is -2.06. The Morgan fingerprint density at radius 3 is 2.75 bits per heavy atom. The van der Waals surface area contributed by atoms with Gasteiger partial charge >= 0.3 is 0 Å². The van der Waals surface area contributed by atoms with Crippen molar-refractivity contribution in [2.45, 2.75) is 17.3 Å². The molecule has 1 amide bonds. The number of anilines is 1. The first-order chi connectivity index (χ1) is 13.7. The van der Waals surface area contributed by atoms with Gasteiger partial charge in [-0.15, -0.1) is 10.2 Å². The molecule has 3 rings (SSSR count). The molecule has 0 saturated heterocycles. The van der Waals surface area contributed by atoms with Gasteiger partial charge in [-0.05, 0) is 29.7 Å². The highest BCUT2D eigenvalue weighted by Gasteiger charge is 2.08. The SMILES string of the molecule is COc1cccc(CNC(=O)CSc2nnc(NCCc3ccccc3)s2)c1. The number of benzene rings is 2. The number of carbonyl (C=O) groups excluding carboxylic acids is 1. The Morgan fingerprint density at radius 1 is 1.11 bits per heavy atom. The minimum atomic E-state index is -0.0402. The van der Waals surface area contributed by atoms with Gasteiger partial charge in [0.2, 0.25) is 11.0 Å². The summed E-state index contributed by atoms with van der Waals surface area (Å²) in [5.41, 5.74) is 2.28. The molecule has 0 radical (unpaired) electrons. The van der Waals surface area contributed by atoms with Crippen LogP contribution in [0.15, 0.2) is 58.9 Å². The Hall–Kier alpha value is -2.58. The summed E-state index contributed by atoms with van der Waals surface area (Å²) in [5, 5.41) is 15.2. The zero-order valence-electron chi connectivity index (χ0n) is 15.6. The first-order valence-corrected chi connectivity index (χ1v) is 10.7. The molecular formula is C20H22N4O2S2. The second-order valence-corrected chi connectivity index (χ2v) is 8.15. The summed E-state index contributed by atoms with van der Waals surface area (Å²) in [6.07, 6.45) is 0.926. The second-order valence-electron chi connectivity index (χ2n) is 5.95. The summed E-state index contributed by atoms with van der Waals surface area (Å²) in [6.45, 7) is 1.27. The number of nitrogens with zero attached hydrogens (tertiary/aromatic N) is 2. The average molecular weight is 415 g/mol. The molecule has 8 heteroatoms. The van der Waals surface area contributed by atoms with Gasteiger partial charge in [-0.3, -0.25) is 4.79 Å². The van der Waals surface area contributed by atoms with Crippen molar-refractivity contribution in [3.63, 3.8) is 0 Å². The molecule has 0 fully saturated rings. The Labute approximate surface area is 172 Å². The molecule has 0 spiro atoms. The molecule has 0 atom stereocenters. The van der Waals surface area contributed by atoms with Gasteiger partial charge in [0.25, 0.3) is 0 Å². The number of thioether (sulfide) groups is 1. The van der Waals surface area contributed by atoms with Crippen LogP contribution in [0.4, 0.5) is 5.13 Å². The number of methoxy groups -OCH3 is 1. The van der Waals surface area contributed by atoms with Gasteiger partial charge in [-0.2, -0.15) is 0 Å². The van der Waals surface area contributed by atoms with Gasteiger partial charge in [0.1, 0.15) is 5.75 Å². The fraction of sp³-hybridized carbons (Fsp3) is 0.250. The first-order valence-electron chi connectivity index (χ1n) is 8.86. The number of hydrogen-bond acceptors (Lipinski definition) is 7. The highest BCUT2D eigenvalue weighted by molar-refractivity contribution is 8.01. The van der Waals surface area contributed by atoms with Crippen molar-refractivity contribution in [3.05, 3.63) is 65.7 Å². The fourth-order valence-electron chi connectivity index (χ4n) is 2.46. The molecule has 0 bridgehead atoms. The smallest absolute Gasteiger partial charge is 0.230 e. The molecule has 1 aromatic heterocycles. The van der Waals surface area contributed by atoms with Crippen LogP contribution in [0.1, 0.15) is 11.1 Å². The summed E-state index contributed by atoms with van der Waals surface area (Å²) < 4.78 is 5.96. The van der Waals surface area contributed by atoms with Gasteiger partial charge in [0.15, 0.2) is 4.34 Å². The molecule has 3 aromatic rings. The second kappa shape index (κ2) is 10.7. The predicted octanol–water partition coefficient (Wildman–Crippen LogP) is 3.61. The summed E-state index contributed by atoms with van der Waals surface area (Å²) in [7, 11) is 1.63. The number of rotatable bonds is 10. The molecule has 0 aliphatic heterocycles. The molecule has 0 saturated carbocycles. The molecule has 0 aliphatic carbocycles. The zero-order chi connectivity index (χ0) is 19.6. The van der Waals surface area contributed by atoms with E-state index in [1.807, 2.05) is 42.5 Å². The maximum absolute atomic E-state index is 12.1. The first kappa shape index (κ1) is 20.2. The van der Waals surface area contributed by atoms with Gasteiger partial charge in [-0.25, -0.2) is 0 Å². The van der Waals surface area contributed by atoms with E-state index in [0.29, 0.717) is 12.3 Å². The van der Waals surface area contributed by atoms with Crippen molar-refractivity contribution >= 4 is 34.1 Å². The quantitative estimate of drug-likeness (QED) is 0.494. The lowest BCUT2D eigenvalue weighted by molar-refractivity contribution is -0.118. The van der Waals surface area contributed by atoms with Crippen LogP contribution < -0.4 is 15.4 Å². The summed E-state index contributed by atoms with van der Waals surface area (Å²) in [4.78, 5) is 12.1. The molecule has 2 aromatic carbocycles. The van der Waals surface area contributed by atoms with Crippen molar-refractivity contribution in [1.82, 2.24) is 15.5 Å². The third kappa shape index (κ3) is 6.54. The van der Waals surface area contributed by atoms with E-state index in [4.69, 9.17) is 4.74 Å². The number of nitrogens with one attached hydrogen (secondary N) is 2. The van der Waals surface area contributed by atoms with Crippen LogP contribution in [0.3, 0.4) is 0 Å². The van der Waals surface area contributed by atoms with Crippen molar-refractivity contribution in [1.29, 1.82) is 0 Å². The van der Waals surface area contributed by atoms with E-state index in [9.17, 15) is 4.79 Å². The third-order valence-corrected chi connectivity index (χ3v) is 5.90. The van der Waals surface area contributed by atoms with Crippen LogP contribution in [-0.2, 0) is 17.8 Å². The summed E-state index contributed by atoms with van der Waals surface area (Å²) in [6, 6.07) is 17.9. The number of carbonyl (C=O) groups is 1. The Kier molecular flexibility index (Phi) is 7.69. The van der Waals surface area contributed by atoms with Crippen LogP contribution in [0.25, 0.3) is 0 Å². The van der Waals surface area contributed by atoms with Gasteiger partial charge in [0, 0.05) is 13.1 Å². The largest absolute Gasteiger partial charge is 0.497 e. The lowest BCUT2D eigenvalue weighted by atomic mass is 10.2. The Bertz CT molecular complexity index is 887. The monoisotopic (exact) mass is 414 g/mol. The van der Waals surface area contributed by atoms with E-state index in [1.54, 1.807) is 7.11 Å². The van der Waals surface area contributed by atoms with Crippen LogP contribution in [0, 0.1) is 0 Å². The molecule has 0 aliphatic rings. The third-order valence-electron chi connectivity index (χ3n) is 3.89. The highest BCUT2D eigenvalue weighted by atomic mass is 32.2. The van der Waals surface area contributed by atoms with E-state index in [2.05, 4.69) is 33.0 Å². The molecule has 0 unspecified atom stereocenters. The van der Waals surface area contributed by atoms with Gasteiger partial charge < -0.3 is 15.4 Å². The van der Waals surface area contributed by atoms with Crippen molar-refractivity contribution in [3.8, 4) is 5.75 Å². The average Bonchev–Trinajstić information content (AvgIpc) is 3.19. The van der Waals surface area contributed by atoms with E-state index in [1.165, 1.54) is 28.7 Å². The van der Waals surface area contributed by atoms with Crippen LogP contribution >= 0.6 is 23.1 Å². The number of hydrogen-bond donors (Lipinski definition) is 2. The lowest BCUT2D eigenvalue weighted by Crippen LogP contribution is -2.24. The van der Waals surface area contributed by atoms with Crippen molar-refractivity contribution in [2.24, 2.45) is 0 Å². The van der Waals surface area contributed by atoms with Crippen LogP contribution in [0.2, 0.25) is 0 Å². The Morgan fingerprint density at radius 2 is 1.93 bits per heavy atom. The Balaban J connectivity index is 1.37. The van der Waals surface area contributed by atoms with E-state index in [0.717, 1.165) is 33.7 Å². The molecule has 28 heavy (non-hydrogen) atoms. The van der Waals surface area contributed by atoms with E-state index in [-0.39, 0.29) is 5.91 Å². The molecule has 2 N–H and O–H groups in total. The summed E-state index contributed by atoms with van der Waals surface area (Å²) in [5.74, 6) is 1.05. The molecule has 6 nitrogen and oxygen atoms in total. The van der Waals surface area contributed by atoms with Gasteiger partial charge in [0.05, 0.1) is 12.9 Å². The standard InChI is InChI=1S/C20H22N4O2S2/c1-26-17-9-5-8-16(12-17)13-22-18(25)14-27-20-24-23-19(28-20)21-11-10-15-6-3-2-4-7-15/h2-9,12H,10-11,13-14H2,1H3,(H,21,23)(H,22,25). The van der Waals surface area contributed by atoms with Crippen LogP contribution in [-0.4, -0.2) is 35.5 Å². The van der Waals surface area contributed by atoms with E-state index < -0.39 is 0 Å². The summed E-state index contributed by atoms with van der Waals surface area (Å²) >= 11 is 2.85. The minimum absolute atomic E-state index is 0.0402. The maximum atomic E-state index is 12.1. The number of ether oxygens (including phenoxy) is 1. The topological polar surface area (TPSA) is 76.1 Å². The fourth-order valence-corrected chi connectivity index (χ4v) is 4.07. The normalized spacial score (nSPS) is 10.5. The van der Waals surface area contributed by atoms with Crippen molar-refractivity contribution < 1.29 is 9.53 Å². The zero-order valence-corrected chi connectivity index (χ0v) is 17.2. The van der Waals surface area contributed by atoms with Crippen molar-refractivity contribution in [2.75, 3.05) is 24.7 Å². The van der Waals surface area contributed by atoms with Crippen LogP contribution in [0.5, 0.6) is 5.75 Å². The van der Waals surface area contributed by atoms with E-state index >= 15 is 0 Å². The number of amides is 1. The maximum Gasteiger partial charge on any atom is 0.230 e. The van der Waals surface area contributed by atoms with Gasteiger partial charge in [-0.1, -0.05) is 65.6 Å². The molecular weight excluding hydrogens is 392 g/mol.